The van der Waals surface area contributed by atoms with Crippen molar-refractivity contribution in [3.05, 3.63) is 0 Å². The highest BCUT2D eigenvalue weighted by molar-refractivity contribution is 7.47. The Kier molecular flexibility index (Phi) is 70.6. The molecule has 19 heteroatoms. The Bertz CT molecular complexity index is 1870. The van der Waals surface area contributed by atoms with Crippen LogP contribution in [0.5, 0.6) is 0 Å². The van der Waals surface area contributed by atoms with Crippen molar-refractivity contribution < 1.29 is 80.2 Å². The molecule has 17 nitrogen and oxygen atoms in total. The quantitative estimate of drug-likeness (QED) is 0.0222. The first-order valence-electron chi connectivity index (χ1n) is 41.1. The summed E-state index contributed by atoms with van der Waals surface area (Å²) in [5.74, 6) is -1.33. The molecule has 0 spiro atoms. The monoisotopic (exact) mass is 1440 g/mol. The second kappa shape index (κ2) is 72.0. The number of phosphoric acid groups is 2. The van der Waals surface area contributed by atoms with Crippen molar-refractivity contribution in [2.45, 2.75) is 438 Å². The topological polar surface area (TPSA) is 237 Å². The lowest BCUT2D eigenvalue weighted by Gasteiger charge is -2.21. The highest BCUT2D eigenvalue weighted by atomic mass is 31.2. The Morgan fingerprint density at radius 1 is 0.276 bits per heavy atom. The smallest absolute Gasteiger partial charge is 0.462 e. The van der Waals surface area contributed by atoms with E-state index in [0.717, 1.165) is 102 Å². The molecule has 0 saturated heterocycles. The molecule has 0 aromatic rings. The van der Waals surface area contributed by atoms with Gasteiger partial charge in [0.2, 0.25) is 0 Å². The summed E-state index contributed by atoms with van der Waals surface area (Å²) in [6.07, 6.45) is 62.5. The molecule has 5 atom stereocenters. The number of esters is 4. The van der Waals surface area contributed by atoms with Crippen molar-refractivity contribution in [2.75, 3.05) is 39.6 Å². The third-order valence-electron chi connectivity index (χ3n) is 18.5. The Balaban J connectivity index is 5.19. The van der Waals surface area contributed by atoms with Crippen LogP contribution in [0.1, 0.15) is 420 Å². The summed E-state index contributed by atoms with van der Waals surface area (Å²) in [6, 6.07) is 0. The molecule has 0 heterocycles. The molecule has 0 saturated carbocycles. The summed E-state index contributed by atoms with van der Waals surface area (Å²) in [4.78, 5) is 72.9. The van der Waals surface area contributed by atoms with Crippen LogP contribution >= 0.6 is 15.6 Å². The van der Waals surface area contributed by atoms with Crippen molar-refractivity contribution in [3.63, 3.8) is 0 Å². The van der Waals surface area contributed by atoms with Crippen LogP contribution in [0, 0.1) is 5.92 Å². The van der Waals surface area contributed by atoms with E-state index in [4.69, 9.17) is 37.0 Å². The number of aliphatic hydroxyl groups excluding tert-OH is 1. The number of hydrogen-bond acceptors (Lipinski definition) is 15. The van der Waals surface area contributed by atoms with E-state index in [1.54, 1.807) is 0 Å². The number of unbranched alkanes of at least 4 members (excludes halogenated alkanes) is 51. The molecule has 0 aromatic heterocycles. The highest BCUT2D eigenvalue weighted by Crippen LogP contribution is 2.45. The van der Waals surface area contributed by atoms with E-state index in [1.165, 1.54) is 238 Å². The minimum Gasteiger partial charge on any atom is -0.462 e. The molecule has 0 fully saturated rings. The molecule has 98 heavy (non-hydrogen) atoms. The third-order valence-corrected chi connectivity index (χ3v) is 20.4. The lowest BCUT2D eigenvalue weighted by atomic mass is 10.0. The fourth-order valence-electron chi connectivity index (χ4n) is 12.2. The molecule has 0 aliphatic rings. The van der Waals surface area contributed by atoms with Gasteiger partial charge in [-0.3, -0.25) is 37.3 Å². The van der Waals surface area contributed by atoms with Crippen molar-refractivity contribution in [3.8, 4) is 0 Å². The van der Waals surface area contributed by atoms with Gasteiger partial charge >= 0.3 is 39.5 Å². The Hall–Kier alpha value is -1.94. The van der Waals surface area contributed by atoms with Crippen LogP contribution in [0.25, 0.3) is 0 Å². The molecule has 0 rings (SSSR count). The molecular formula is C79H154O17P2. The Morgan fingerprint density at radius 3 is 0.694 bits per heavy atom. The molecule has 0 bridgehead atoms. The molecule has 0 aliphatic heterocycles. The van der Waals surface area contributed by atoms with Gasteiger partial charge in [-0.2, -0.15) is 0 Å². The first-order valence-corrected chi connectivity index (χ1v) is 44.1. The van der Waals surface area contributed by atoms with Crippen molar-refractivity contribution in [1.29, 1.82) is 0 Å². The lowest BCUT2D eigenvalue weighted by Crippen LogP contribution is -2.30. The summed E-state index contributed by atoms with van der Waals surface area (Å²) in [5, 5.41) is 10.6. The zero-order valence-corrected chi connectivity index (χ0v) is 65.7. The van der Waals surface area contributed by atoms with Crippen molar-refractivity contribution in [1.82, 2.24) is 0 Å². The average Bonchev–Trinajstić information content (AvgIpc) is 1.05. The summed E-state index contributed by atoms with van der Waals surface area (Å²) in [6.45, 7) is 7.31. The van der Waals surface area contributed by atoms with E-state index in [1.807, 2.05) is 0 Å². The van der Waals surface area contributed by atoms with Crippen LogP contribution in [-0.4, -0.2) is 96.7 Å². The van der Waals surface area contributed by atoms with Gasteiger partial charge in [0.1, 0.15) is 19.3 Å². The van der Waals surface area contributed by atoms with E-state index in [0.29, 0.717) is 25.7 Å². The zero-order chi connectivity index (χ0) is 71.9. The molecule has 0 aliphatic carbocycles. The molecule has 0 radical (unpaired) electrons. The fourth-order valence-corrected chi connectivity index (χ4v) is 13.8. The number of rotatable bonds is 79. The summed E-state index contributed by atoms with van der Waals surface area (Å²) in [5.41, 5.74) is 0. The molecule has 0 aromatic carbocycles. The number of ether oxygens (including phenoxy) is 4. The molecule has 3 N–H and O–H groups in total. The average molecular weight is 1440 g/mol. The van der Waals surface area contributed by atoms with Gasteiger partial charge in [0.25, 0.3) is 0 Å². The van der Waals surface area contributed by atoms with Gasteiger partial charge in [0, 0.05) is 25.7 Å². The van der Waals surface area contributed by atoms with Gasteiger partial charge in [0.05, 0.1) is 26.4 Å². The van der Waals surface area contributed by atoms with Crippen LogP contribution in [0.2, 0.25) is 0 Å². The number of carbonyl (C=O) groups excluding carboxylic acids is 4. The van der Waals surface area contributed by atoms with Gasteiger partial charge in [-0.15, -0.1) is 0 Å². The van der Waals surface area contributed by atoms with Crippen LogP contribution in [0.3, 0.4) is 0 Å². The van der Waals surface area contributed by atoms with E-state index < -0.39 is 97.5 Å². The maximum atomic E-state index is 13.1. The van der Waals surface area contributed by atoms with Gasteiger partial charge in [-0.25, -0.2) is 9.13 Å². The van der Waals surface area contributed by atoms with Crippen molar-refractivity contribution in [2.24, 2.45) is 5.92 Å². The van der Waals surface area contributed by atoms with Gasteiger partial charge in [-0.1, -0.05) is 369 Å². The predicted molar refractivity (Wildman–Crippen MR) is 400 cm³/mol. The lowest BCUT2D eigenvalue weighted by molar-refractivity contribution is -0.161. The van der Waals surface area contributed by atoms with Crippen LogP contribution in [-0.2, 0) is 65.4 Å². The van der Waals surface area contributed by atoms with Crippen LogP contribution in [0.15, 0.2) is 0 Å². The normalized spacial score (nSPS) is 13.9. The standard InChI is InChI=1S/C79H154O17P2/c1-6-9-12-15-18-21-23-25-27-28-29-30-31-33-35-41-45-50-55-60-65-79(84)96-75(69-90-77(82)63-58-53-48-43-39-37-36-38-42-46-51-56-61-72(4)5)71-94-98(87,88)92-67-73(80)66-91-97(85,86)93-70-74(68-89-76(81)62-57-52-47-20-17-14-11-8-3)95-78(83)64-59-54-49-44-40-34-32-26-24-22-19-16-13-10-7-2/h72-75,80H,6-71H2,1-5H3,(H,85,86)(H,87,88)/t73-,74+,75+/m0/s1. The predicted octanol–water partition coefficient (Wildman–Crippen LogP) is 23.6. The van der Waals surface area contributed by atoms with E-state index in [2.05, 4.69) is 34.6 Å². The first-order chi connectivity index (χ1) is 47.5. The highest BCUT2D eigenvalue weighted by Gasteiger charge is 2.30. The van der Waals surface area contributed by atoms with E-state index >= 15 is 0 Å². The Morgan fingerprint density at radius 2 is 0.469 bits per heavy atom. The molecular weight excluding hydrogens is 1280 g/mol. The second-order valence-corrected chi connectivity index (χ2v) is 31.8. The summed E-state index contributed by atoms with van der Waals surface area (Å²) < 4.78 is 68.6. The summed E-state index contributed by atoms with van der Waals surface area (Å²) >= 11 is 0. The Labute approximate surface area is 600 Å². The van der Waals surface area contributed by atoms with Gasteiger partial charge in [-0.05, 0) is 31.6 Å². The number of carbonyl (C=O) groups is 4. The fraction of sp³-hybridized carbons (Fsp3) is 0.949. The third kappa shape index (κ3) is 72.4. The first kappa shape index (κ1) is 96.1. The number of aliphatic hydroxyl groups is 1. The number of hydrogen-bond donors (Lipinski definition) is 3. The maximum Gasteiger partial charge on any atom is 0.472 e. The largest absolute Gasteiger partial charge is 0.472 e. The molecule has 2 unspecified atom stereocenters. The van der Waals surface area contributed by atoms with E-state index in [-0.39, 0.29) is 25.7 Å². The number of phosphoric ester groups is 2. The summed E-state index contributed by atoms with van der Waals surface area (Å²) in [7, 11) is -9.91. The minimum absolute atomic E-state index is 0.108. The van der Waals surface area contributed by atoms with E-state index in [9.17, 15) is 43.2 Å². The molecule has 582 valence electrons. The molecule has 0 amide bonds. The van der Waals surface area contributed by atoms with Crippen molar-refractivity contribution >= 4 is 39.5 Å². The van der Waals surface area contributed by atoms with Crippen LogP contribution < -0.4 is 0 Å². The minimum atomic E-state index is -4.96. The maximum absolute atomic E-state index is 13.1. The SMILES string of the molecule is CCCCCCCCCCCCCCCCCCCCCCC(=O)O[C@H](COC(=O)CCCCCCCCCCCCCCC(C)C)COP(=O)(O)OC[C@@H](O)COP(=O)(O)OC[C@@H](COC(=O)CCCCCCCCCC)OC(=O)CCCCCCCCCCCCCCCCC. The van der Waals surface area contributed by atoms with Gasteiger partial charge < -0.3 is 33.8 Å². The van der Waals surface area contributed by atoms with Gasteiger partial charge in [0.15, 0.2) is 12.2 Å². The van der Waals surface area contributed by atoms with Crippen LogP contribution in [0.4, 0.5) is 0 Å². The zero-order valence-electron chi connectivity index (χ0n) is 63.9. The second-order valence-electron chi connectivity index (χ2n) is 28.9.